The zero-order chi connectivity index (χ0) is 12.0. The molecule has 2 amide bonds. The summed E-state index contributed by atoms with van der Waals surface area (Å²) in [4.78, 5) is 21.1. The molecule has 0 radical (unpaired) electrons. The van der Waals surface area contributed by atoms with Crippen LogP contribution in [-0.2, 0) is 9.59 Å². The Labute approximate surface area is 103 Å². The lowest BCUT2D eigenvalue weighted by Crippen LogP contribution is -2.21. The van der Waals surface area contributed by atoms with Gasteiger partial charge in [0.1, 0.15) is 0 Å². The number of imide groups is 1. The van der Waals surface area contributed by atoms with Crippen molar-refractivity contribution in [3.05, 3.63) is 34.3 Å². The van der Waals surface area contributed by atoms with E-state index >= 15 is 0 Å². The number of carbonyl (C=O) groups is 2. The normalized spacial score (nSPS) is 11.9. The third-order valence-corrected chi connectivity index (χ3v) is 2.99. The lowest BCUT2D eigenvalue weighted by atomic mass is 9.96. The fraction of sp³-hybridized carbons (Fsp3) is 0.333. The predicted octanol–water partition coefficient (Wildman–Crippen LogP) is 2.61. The van der Waals surface area contributed by atoms with Gasteiger partial charge in [-0.2, -0.15) is 0 Å². The number of amides is 2. The Kier molecular flexibility index (Phi) is 5.19. The van der Waals surface area contributed by atoms with Crippen molar-refractivity contribution in [1.29, 1.82) is 0 Å². The number of halogens is 1. The molecule has 0 saturated heterocycles. The van der Waals surface area contributed by atoms with Gasteiger partial charge in [0.15, 0.2) is 0 Å². The summed E-state index contributed by atoms with van der Waals surface area (Å²) in [5, 5.41) is 2.13. The van der Waals surface area contributed by atoms with Crippen molar-refractivity contribution < 1.29 is 9.59 Å². The molecule has 0 aromatic heterocycles. The molecule has 1 aromatic carbocycles. The van der Waals surface area contributed by atoms with Gasteiger partial charge in [-0.3, -0.25) is 14.9 Å². The molecule has 1 atom stereocenters. The zero-order valence-electron chi connectivity index (χ0n) is 9.07. The Morgan fingerprint density at radius 1 is 1.44 bits per heavy atom. The van der Waals surface area contributed by atoms with Crippen LogP contribution >= 0.6 is 15.9 Å². The molecule has 0 aliphatic carbocycles. The number of nitrogens with one attached hydrogen (secondary N) is 1. The first-order valence-electron chi connectivity index (χ1n) is 5.12. The van der Waals surface area contributed by atoms with Crippen molar-refractivity contribution in [2.75, 3.05) is 0 Å². The quantitative estimate of drug-likeness (QED) is 0.845. The summed E-state index contributed by atoms with van der Waals surface area (Å²) in [6.45, 7) is 2.07. The van der Waals surface area contributed by atoms with Crippen molar-refractivity contribution in [1.82, 2.24) is 5.32 Å². The fourth-order valence-electron chi connectivity index (χ4n) is 1.44. The van der Waals surface area contributed by atoms with Crippen molar-refractivity contribution >= 4 is 28.2 Å². The Hall–Kier alpha value is -1.16. The molecular weight excluding hydrogens is 270 g/mol. The molecule has 0 aliphatic heterocycles. The molecule has 0 saturated carbocycles. The second-order valence-corrected chi connectivity index (χ2v) is 4.59. The van der Waals surface area contributed by atoms with Crippen LogP contribution in [0.2, 0.25) is 0 Å². The van der Waals surface area contributed by atoms with Crippen LogP contribution in [0.3, 0.4) is 0 Å². The van der Waals surface area contributed by atoms with Gasteiger partial charge in [0.05, 0.1) is 0 Å². The molecule has 1 aromatic rings. The first-order chi connectivity index (χ1) is 7.63. The second-order valence-electron chi connectivity index (χ2n) is 3.68. The van der Waals surface area contributed by atoms with Crippen LogP contribution in [0.15, 0.2) is 28.7 Å². The molecule has 0 spiro atoms. The zero-order valence-corrected chi connectivity index (χ0v) is 10.7. The minimum Gasteiger partial charge on any atom is -0.299 e. The standard InChI is InChI=1S/C12H14BrNO2/c1-9(2-7-12(16)14-8-15)10-3-5-11(13)6-4-10/h3-6,8-9H,2,7H2,1H3,(H,14,15,16). The van der Waals surface area contributed by atoms with E-state index in [1.807, 2.05) is 24.3 Å². The monoisotopic (exact) mass is 283 g/mol. The van der Waals surface area contributed by atoms with Crippen molar-refractivity contribution in [2.45, 2.75) is 25.7 Å². The third-order valence-electron chi connectivity index (χ3n) is 2.46. The maximum atomic E-state index is 11.1. The maximum Gasteiger partial charge on any atom is 0.226 e. The Morgan fingerprint density at radius 3 is 2.62 bits per heavy atom. The number of rotatable bonds is 5. The largest absolute Gasteiger partial charge is 0.299 e. The number of hydrogen-bond acceptors (Lipinski definition) is 2. The van der Waals surface area contributed by atoms with E-state index < -0.39 is 0 Å². The lowest BCUT2D eigenvalue weighted by Gasteiger charge is -2.10. The average molecular weight is 284 g/mol. The van der Waals surface area contributed by atoms with E-state index in [-0.39, 0.29) is 5.91 Å². The molecule has 0 bridgehead atoms. The van der Waals surface area contributed by atoms with Crippen molar-refractivity contribution in [2.24, 2.45) is 0 Å². The number of hydrogen-bond donors (Lipinski definition) is 1. The minimum absolute atomic E-state index is 0.223. The van der Waals surface area contributed by atoms with E-state index in [4.69, 9.17) is 0 Å². The molecule has 16 heavy (non-hydrogen) atoms. The van der Waals surface area contributed by atoms with Crippen LogP contribution in [0.5, 0.6) is 0 Å². The molecular formula is C12H14BrNO2. The third kappa shape index (κ3) is 4.14. The SMILES string of the molecule is CC(CCC(=O)NC=O)c1ccc(Br)cc1. The van der Waals surface area contributed by atoms with E-state index in [0.29, 0.717) is 18.7 Å². The van der Waals surface area contributed by atoms with Gasteiger partial charge in [0.2, 0.25) is 12.3 Å². The molecule has 1 unspecified atom stereocenters. The molecule has 0 heterocycles. The van der Waals surface area contributed by atoms with Gasteiger partial charge >= 0.3 is 0 Å². The molecule has 0 aliphatic rings. The van der Waals surface area contributed by atoms with E-state index in [1.54, 1.807) is 0 Å². The molecule has 1 N–H and O–H groups in total. The van der Waals surface area contributed by atoms with Gasteiger partial charge in [-0.05, 0) is 30.0 Å². The van der Waals surface area contributed by atoms with Crippen LogP contribution < -0.4 is 5.32 Å². The van der Waals surface area contributed by atoms with E-state index in [1.165, 1.54) is 5.56 Å². The summed E-state index contributed by atoms with van der Waals surface area (Å²) < 4.78 is 1.04. The molecule has 4 heteroatoms. The van der Waals surface area contributed by atoms with Crippen LogP contribution in [0.25, 0.3) is 0 Å². The molecule has 1 rings (SSSR count). The van der Waals surface area contributed by atoms with Crippen molar-refractivity contribution in [3.8, 4) is 0 Å². The minimum atomic E-state index is -0.223. The Bertz CT molecular complexity index is 362. The summed E-state index contributed by atoms with van der Waals surface area (Å²) >= 11 is 3.37. The van der Waals surface area contributed by atoms with Crippen LogP contribution in [0.4, 0.5) is 0 Å². The van der Waals surface area contributed by atoms with Gasteiger partial charge in [-0.15, -0.1) is 0 Å². The molecule has 86 valence electrons. The first-order valence-corrected chi connectivity index (χ1v) is 5.91. The maximum absolute atomic E-state index is 11.1. The van der Waals surface area contributed by atoms with E-state index in [9.17, 15) is 9.59 Å². The van der Waals surface area contributed by atoms with Crippen molar-refractivity contribution in [3.63, 3.8) is 0 Å². The highest BCUT2D eigenvalue weighted by Crippen LogP contribution is 2.22. The van der Waals surface area contributed by atoms with Crippen LogP contribution in [0.1, 0.15) is 31.2 Å². The number of carbonyl (C=O) groups excluding carboxylic acids is 2. The summed E-state index contributed by atoms with van der Waals surface area (Å²) in [5.41, 5.74) is 1.20. The van der Waals surface area contributed by atoms with Gasteiger partial charge in [0, 0.05) is 10.9 Å². The summed E-state index contributed by atoms with van der Waals surface area (Å²) in [5.74, 6) is 0.0875. The Balaban J connectivity index is 2.46. The van der Waals surface area contributed by atoms with Gasteiger partial charge < -0.3 is 0 Å². The van der Waals surface area contributed by atoms with Gasteiger partial charge in [0.25, 0.3) is 0 Å². The Morgan fingerprint density at radius 2 is 2.06 bits per heavy atom. The smallest absolute Gasteiger partial charge is 0.226 e. The number of benzene rings is 1. The lowest BCUT2D eigenvalue weighted by molar-refractivity contribution is -0.125. The highest BCUT2D eigenvalue weighted by Gasteiger charge is 2.08. The highest BCUT2D eigenvalue weighted by atomic mass is 79.9. The first kappa shape index (κ1) is 12.9. The summed E-state index contributed by atoms with van der Waals surface area (Å²) in [7, 11) is 0. The van der Waals surface area contributed by atoms with Gasteiger partial charge in [-0.1, -0.05) is 35.0 Å². The second kappa shape index (κ2) is 6.43. The van der Waals surface area contributed by atoms with Crippen LogP contribution in [-0.4, -0.2) is 12.3 Å². The fourth-order valence-corrected chi connectivity index (χ4v) is 1.71. The predicted molar refractivity (Wildman–Crippen MR) is 66.0 cm³/mol. The van der Waals surface area contributed by atoms with E-state index in [2.05, 4.69) is 28.2 Å². The summed E-state index contributed by atoms with van der Waals surface area (Å²) in [6.07, 6.45) is 1.53. The molecule has 0 fully saturated rings. The van der Waals surface area contributed by atoms with Gasteiger partial charge in [-0.25, -0.2) is 0 Å². The topological polar surface area (TPSA) is 46.2 Å². The van der Waals surface area contributed by atoms with Crippen LogP contribution in [0, 0.1) is 0 Å². The molecule has 3 nitrogen and oxygen atoms in total. The van der Waals surface area contributed by atoms with E-state index in [0.717, 1.165) is 10.9 Å². The summed E-state index contributed by atoms with van der Waals surface area (Å²) in [6, 6.07) is 8.04. The average Bonchev–Trinajstić information content (AvgIpc) is 2.27. The highest BCUT2D eigenvalue weighted by molar-refractivity contribution is 9.10.